The number of para-hydroxylation sites is 1. The predicted molar refractivity (Wildman–Crippen MR) is 152 cm³/mol. The van der Waals surface area contributed by atoms with E-state index in [1.54, 1.807) is 11.8 Å². The van der Waals surface area contributed by atoms with E-state index in [4.69, 9.17) is 4.74 Å². The number of anilines is 1. The van der Waals surface area contributed by atoms with Crippen molar-refractivity contribution >= 4 is 28.3 Å². The molecule has 1 saturated heterocycles. The second-order valence-electron chi connectivity index (χ2n) is 9.84. The van der Waals surface area contributed by atoms with Gasteiger partial charge in [-0.2, -0.15) is 0 Å². The number of hydrogen-bond donors (Lipinski definition) is 0. The van der Waals surface area contributed by atoms with Gasteiger partial charge in [-0.3, -0.25) is 9.69 Å². The molecule has 190 valence electrons. The Kier molecular flexibility index (Phi) is 6.54. The number of halogens is 1. The average Bonchev–Trinajstić information content (AvgIpc) is 2.94. The second-order valence-corrected chi connectivity index (χ2v) is 10.9. The fourth-order valence-electron chi connectivity index (χ4n) is 5.26. The minimum Gasteiger partial charge on any atom is -0.478 e. The monoisotopic (exact) mass is 521 g/mol. The third kappa shape index (κ3) is 4.52. The number of carbonyl (C=O) groups excluding carboxylic acids is 1. The van der Waals surface area contributed by atoms with Crippen LogP contribution in [0.2, 0.25) is 0 Å². The van der Waals surface area contributed by atoms with Gasteiger partial charge in [0.25, 0.3) is 5.91 Å². The molecular formula is C33H28FNO2S. The molecule has 1 heterocycles. The molecule has 6 rings (SSSR count). The molecule has 4 aromatic carbocycles. The molecular weight excluding hydrogens is 493 g/mol. The van der Waals surface area contributed by atoms with E-state index in [-0.39, 0.29) is 17.8 Å². The fourth-order valence-corrected chi connectivity index (χ4v) is 6.43. The maximum absolute atomic E-state index is 13.7. The summed E-state index contributed by atoms with van der Waals surface area (Å²) >= 11 is 1.63. The van der Waals surface area contributed by atoms with E-state index in [2.05, 4.69) is 50.2 Å². The number of aryl methyl sites for hydroxylation is 3. The van der Waals surface area contributed by atoms with Crippen LogP contribution < -0.4 is 9.64 Å². The molecule has 1 aliphatic heterocycles. The molecule has 0 saturated carbocycles. The van der Waals surface area contributed by atoms with E-state index in [0.29, 0.717) is 5.75 Å². The third-order valence-corrected chi connectivity index (χ3v) is 8.62. The van der Waals surface area contributed by atoms with Crippen LogP contribution in [0.15, 0.2) is 108 Å². The highest BCUT2D eigenvalue weighted by atomic mass is 32.2. The Morgan fingerprint density at radius 1 is 0.842 bits per heavy atom. The van der Waals surface area contributed by atoms with Crippen molar-refractivity contribution in [1.82, 2.24) is 0 Å². The average molecular weight is 522 g/mol. The van der Waals surface area contributed by atoms with E-state index in [9.17, 15) is 9.18 Å². The van der Waals surface area contributed by atoms with Crippen LogP contribution >= 0.6 is 11.8 Å². The van der Waals surface area contributed by atoms with Crippen molar-refractivity contribution in [3.05, 3.63) is 131 Å². The van der Waals surface area contributed by atoms with Gasteiger partial charge in [0.2, 0.25) is 6.10 Å². The molecule has 38 heavy (non-hydrogen) atoms. The van der Waals surface area contributed by atoms with Gasteiger partial charge in [0.05, 0.1) is 0 Å². The van der Waals surface area contributed by atoms with Crippen molar-refractivity contribution in [3.63, 3.8) is 0 Å². The maximum Gasteiger partial charge on any atom is 0.271 e. The van der Waals surface area contributed by atoms with E-state index in [1.165, 1.54) is 34.4 Å². The Balaban J connectivity index is 1.48. The zero-order valence-electron chi connectivity index (χ0n) is 21.4. The molecule has 0 aromatic heterocycles. The number of benzene rings is 4. The number of nitrogens with zero attached hydrogens (tertiary/aromatic N) is 1. The molecule has 2 atom stereocenters. The SMILES string of the molecule is Cc1ccc(N2C(=O)C(Oc3ccccc3)C2C2=C(Sc3ccc(F)cc3)c3ccccc3CC2)cc1C. The van der Waals surface area contributed by atoms with Crippen LogP contribution in [0.5, 0.6) is 5.75 Å². The molecule has 1 amide bonds. The van der Waals surface area contributed by atoms with Crippen LogP contribution in [0, 0.1) is 19.7 Å². The van der Waals surface area contributed by atoms with Gasteiger partial charge in [-0.05, 0) is 103 Å². The largest absolute Gasteiger partial charge is 0.478 e. The topological polar surface area (TPSA) is 29.5 Å². The molecule has 0 N–H and O–H groups in total. The van der Waals surface area contributed by atoms with E-state index in [1.807, 2.05) is 53.4 Å². The molecule has 0 spiro atoms. The van der Waals surface area contributed by atoms with Crippen molar-refractivity contribution in [2.45, 2.75) is 43.7 Å². The fraction of sp³-hybridized carbons (Fsp3) is 0.182. The number of amides is 1. The molecule has 2 unspecified atom stereocenters. The lowest BCUT2D eigenvalue weighted by atomic mass is 9.81. The van der Waals surface area contributed by atoms with Gasteiger partial charge in [0, 0.05) is 15.5 Å². The van der Waals surface area contributed by atoms with Gasteiger partial charge >= 0.3 is 0 Å². The van der Waals surface area contributed by atoms with Crippen molar-refractivity contribution in [2.75, 3.05) is 4.90 Å². The number of carbonyl (C=O) groups is 1. The standard InChI is InChI=1S/C33H28FNO2S/c1-21-12-16-25(20-22(21)2)35-30(31(33(35)36)37-26-9-4-3-5-10-26)29-19-13-23-8-6-7-11-28(23)32(29)38-27-17-14-24(34)15-18-27/h3-12,14-18,20,30-31H,13,19H2,1-2H3. The van der Waals surface area contributed by atoms with Crippen LogP contribution in [-0.2, 0) is 11.2 Å². The summed E-state index contributed by atoms with van der Waals surface area (Å²) in [4.78, 5) is 17.7. The number of fused-ring (bicyclic) bond motifs is 1. The third-order valence-electron chi connectivity index (χ3n) is 7.43. The van der Waals surface area contributed by atoms with Crippen molar-refractivity contribution in [3.8, 4) is 5.75 Å². The maximum atomic E-state index is 13.7. The summed E-state index contributed by atoms with van der Waals surface area (Å²) in [5.74, 6) is 0.383. The first-order valence-electron chi connectivity index (χ1n) is 12.9. The Labute approximate surface area is 227 Å². The highest BCUT2D eigenvalue weighted by Crippen LogP contribution is 2.48. The lowest BCUT2D eigenvalue weighted by molar-refractivity contribution is -0.133. The van der Waals surface area contributed by atoms with E-state index < -0.39 is 6.10 Å². The van der Waals surface area contributed by atoms with Gasteiger partial charge in [0.1, 0.15) is 17.6 Å². The minimum atomic E-state index is -0.622. The second kappa shape index (κ2) is 10.1. The zero-order valence-corrected chi connectivity index (χ0v) is 22.2. The Morgan fingerprint density at radius 2 is 1.58 bits per heavy atom. The number of hydrogen-bond acceptors (Lipinski definition) is 3. The molecule has 4 aromatic rings. The summed E-state index contributed by atoms with van der Waals surface area (Å²) in [7, 11) is 0. The summed E-state index contributed by atoms with van der Waals surface area (Å²) in [5.41, 5.74) is 6.84. The molecule has 2 aliphatic rings. The van der Waals surface area contributed by atoms with Crippen LogP contribution in [0.3, 0.4) is 0 Å². The Morgan fingerprint density at radius 3 is 2.34 bits per heavy atom. The Hall–Kier alpha value is -3.83. The first kappa shape index (κ1) is 24.5. The van der Waals surface area contributed by atoms with Crippen molar-refractivity contribution in [1.29, 1.82) is 0 Å². The van der Waals surface area contributed by atoms with Crippen LogP contribution in [0.25, 0.3) is 4.91 Å². The lowest BCUT2D eigenvalue weighted by Gasteiger charge is -2.49. The number of thioether (sulfide) groups is 1. The first-order chi connectivity index (χ1) is 18.5. The van der Waals surface area contributed by atoms with Crippen LogP contribution in [0.4, 0.5) is 10.1 Å². The van der Waals surface area contributed by atoms with E-state index >= 15 is 0 Å². The van der Waals surface area contributed by atoms with Crippen molar-refractivity contribution in [2.24, 2.45) is 0 Å². The van der Waals surface area contributed by atoms with Crippen LogP contribution in [-0.4, -0.2) is 18.1 Å². The number of β-lactam (4-membered cyclic amide) rings is 1. The number of ether oxygens (including phenoxy) is 1. The van der Waals surface area contributed by atoms with Crippen LogP contribution in [0.1, 0.15) is 28.7 Å². The molecule has 1 fully saturated rings. The summed E-state index contributed by atoms with van der Waals surface area (Å²) in [6, 6.07) is 30.5. The Bertz CT molecular complexity index is 1530. The van der Waals surface area contributed by atoms with Gasteiger partial charge < -0.3 is 4.74 Å². The molecule has 5 heteroatoms. The number of rotatable bonds is 6. The zero-order chi connectivity index (χ0) is 26.2. The van der Waals surface area contributed by atoms with Gasteiger partial charge in [-0.15, -0.1) is 0 Å². The summed E-state index contributed by atoms with van der Waals surface area (Å²) in [5, 5.41) is 0. The van der Waals surface area contributed by atoms with Crippen molar-refractivity contribution < 1.29 is 13.9 Å². The lowest BCUT2D eigenvalue weighted by Crippen LogP contribution is -2.68. The quantitative estimate of drug-likeness (QED) is 0.243. The normalized spacial score (nSPS) is 18.7. The summed E-state index contributed by atoms with van der Waals surface area (Å²) in [6.45, 7) is 4.15. The highest BCUT2D eigenvalue weighted by molar-refractivity contribution is 8.08. The molecule has 3 nitrogen and oxygen atoms in total. The van der Waals surface area contributed by atoms with Gasteiger partial charge in [-0.25, -0.2) is 4.39 Å². The molecule has 0 bridgehead atoms. The smallest absolute Gasteiger partial charge is 0.271 e. The highest BCUT2D eigenvalue weighted by Gasteiger charge is 2.53. The summed E-state index contributed by atoms with van der Waals surface area (Å²) < 4.78 is 20.0. The summed E-state index contributed by atoms with van der Waals surface area (Å²) in [6.07, 6.45) is 1.08. The first-order valence-corrected chi connectivity index (χ1v) is 13.7. The predicted octanol–water partition coefficient (Wildman–Crippen LogP) is 7.76. The molecule has 0 radical (unpaired) electrons. The van der Waals surface area contributed by atoms with Gasteiger partial charge in [0.15, 0.2) is 0 Å². The van der Waals surface area contributed by atoms with E-state index in [0.717, 1.165) is 33.9 Å². The molecule has 1 aliphatic carbocycles. The van der Waals surface area contributed by atoms with Gasteiger partial charge in [-0.1, -0.05) is 60.3 Å². The minimum absolute atomic E-state index is 0.0420.